The summed E-state index contributed by atoms with van der Waals surface area (Å²) < 4.78 is 5.67. The average Bonchev–Trinajstić information content (AvgIpc) is 2.73. The number of benzene rings is 1. The monoisotopic (exact) mass is 268 g/mol. The number of pyridine rings is 1. The number of nitrogens with zero attached hydrogens (tertiary/aromatic N) is 2. The zero-order valence-electron chi connectivity index (χ0n) is 11.6. The second kappa shape index (κ2) is 5.06. The molecule has 0 spiro atoms. The van der Waals surface area contributed by atoms with Crippen molar-refractivity contribution in [1.29, 1.82) is 0 Å². The highest BCUT2D eigenvalue weighted by atomic mass is 16.5. The van der Waals surface area contributed by atoms with Gasteiger partial charge in [0.15, 0.2) is 5.78 Å². The van der Waals surface area contributed by atoms with Gasteiger partial charge in [-0.2, -0.15) is 0 Å². The Hall–Kier alpha value is -2.20. The van der Waals surface area contributed by atoms with Crippen molar-refractivity contribution in [2.75, 3.05) is 27.2 Å². The van der Waals surface area contributed by atoms with E-state index in [0.717, 1.165) is 23.6 Å². The molecule has 0 fully saturated rings. The second-order valence-corrected chi connectivity index (χ2v) is 5.09. The largest absolute Gasteiger partial charge is 0.492 e. The van der Waals surface area contributed by atoms with E-state index in [4.69, 9.17) is 4.74 Å². The summed E-state index contributed by atoms with van der Waals surface area (Å²) in [5, 5.41) is 0. The predicted octanol–water partition coefficient (Wildman–Crippen LogP) is 2.23. The number of carbonyl (C=O) groups is 1. The number of carbonyl (C=O) groups excluding carboxylic acids is 1. The lowest BCUT2D eigenvalue weighted by atomic mass is 10.1. The highest BCUT2D eigenvalue weighted by molar-refractivity contribution is 6.21. The molecule has 3 rings (SSSR count). The Balaban J connectivity index is 1.87. The summed E-state index contributed by atoms with van der Waals surface area (Å²) in [6, 6.07) is 9.23. The number of ether oxygens (including phenoxy) is 1. The Labute approximate surface area is 118 Å². The lowest BCUT2D eigenvalue weighted by Crippen LogP contribution is -2.19. The minimum Gasteiger partial charge on any atom is -0.492 e. The zero-order valence-corrected chi connectivity index (χ0v) is 11.6. The van der Waals surface area contributed by atoms with Crippen LogP contribution in [-0.2, 0) is 0 Å². The molecule has 0 bridgehead atoms. The first-order valence-corrected chi connectivity index (χ1v) is 6.58. The third-order valence-electron chi connectivity index (χ3n) is 3.35. The third kappa shape index (κ3) is 2.18. The molecule has 0 radical (unpaired) electrons. The molecule has 0 N–H and O–H groups in total. The predicted molar refractivity (Wildman–Crippen MR) is 77.2 cm³/mol. The van der Waals surface area contributed by atoms with Gasteiger partial charge in [0.2, 0.25) is 0 Å². The minimum atomic E-state index is 0.0289. The Morgan fingerprint density at radius 1 is 1.15 bits per heavy atom. The quantitative estimate of drug-likeness (QED) is 0.727. The average molecular weight is 268 g/mol. The topological polar surface area (TPSA) is 42.4 Å². The van der Waals surface area contributed by atoms with E-state index in [-0.39, 0.29) is 5.78 Å². The molecule has 0 saturated carbocycles. The minimum absolute atomic E-state index is 0.0289. The van der Waals surface area contributed by atoms with E-state index in [1.807, 2.05) is 38.4 Å². The first-order valence-electron chi connectivity index (χ1n) is 6.58. The first kappa shape index (κ1) is 12.8. The molecule has 4 nitrogen and oxygen atoms in total. The van der Waals surface area contributed by atoms with Crippen molar-refractivity contribution < 1.29 is 9.53 Å². The van der Waals surface area contributed by atoms with Crippen LogP contribution in [0.3, 0.4) is 0 Å². The van der Waals surface area contributed by atoms with Crippen LogP contribution >= 0.6 is 0 Å². The number of likely N-dealkylation sites (N-methyl/N-ethyl adjacent to an activating group) is 1. The molecule has 1 aliphatic carbocycles. The van der Waals surface area contributed by atoms with Crippen LogP contribution in [0.2, 0.25) is 0 Å². The number of fused-ring (bicyclic) bond motifs is 3. The molecule has 2 aromatic rings. The van der Waals surface area contributed by atoms with E-state index < -0.39 is 0 Å². The van der Waals surface area contributed by atoms with Gasteiger partial charge in [-0.15, -0.1) is 0 Å². The summed E-state index contributed by atoms with van der Waals surface area (Å²) in [5.41, 5.74) is 3.02. The molecule has 1 aliphatic rings. The number of ketones is 1. The van der Waals surface area contributed by atoms with Crippen molar-refractivity contribution in [3.63, 3.8) is 0 Å². The number of rotatable bonds is 4. The van der Waals surface area contributed by atoms with Crippen LogP contribution in [-0.4, -0.2) is 42.9 Å². The molecule has 1 heterocycles. The molecule has 0 unspecified atom stereocenters. The van der Waals surface area contributed by atoms with Crippen LogP contribution in [0, 0.1) is 0 Å². The number of hydrogen-bond acceptors (Lipinski definition) is 4. The van der Waals surface area contributed by atoms with Crippen molar-refractivity contribution in [2.45, 2.75) is 0 Å². The molecular weight excluding hydrogens is 252 g/mol. The molecule has 0 amide bonds. The van der Waals surface area contributed by atoms with E-state index in [1.54, 1.807) is 12.3 Å². The maximum absolute atomic E-state index is 12.3. The maximum atomic E-state index is 12.3. The summed E-state index contributed by atoms with van der Waals surface area (Å²) in [6.45, 7) is 1.44. The Kier molecular flexibility index (Phi) is 3.24. The van der Waals surface area contributed by atoms with Crippen molar-refractivity contribution in [1.82, 2.24) is 9.88 Å². The van der Waals surface area contributed by atoms with Gasteiger partial charge in [-0.05, 0) is 44.4 Å². The molecule has 0 aliphatic heterocycles. The highest BCUT2D eigenvalue weighted by Crippen LogP contribution is 2.36. The number of hydrogen-bond donors (Lipinski definition) is 0. The van der Waals surface area contributed by atoms with Gasteiger partial charge in [-0.1, -0.05) is 0 Å². The van der Waals surface area contributed by atoms with Crippen LogP contribution in [0.25, 0.3) is 11.3 Å². The van der Waals surface area contributed by atoms with E-state index >= 15 is 0 Å². The molecule has 0 saturated heterocycles. The SMILES string of the molecule is CN(C)CCOc1ccc2c(c1)C(=O)c1cccnc1-2. The summed E-state index contributed by atoms with van der Waals surface area (Å²) in [5.74, 6) is 0.757. The lowest BCUT2D eigenvalue weighted by molar-refractivity contribution is 0.104. The third-order valence-corrected chi connectivity index (χ3v) is 3.35. The van der Waals surface area contributed by atoms with Gasteiger partial charge < -0.3 is 9.64 Å². The van der Waals surface area contributed by atoms with Crippen molar-refractivity contribution in [3.8, 4) is 17.0 Å². The molecule has 0 atom stereocenters. The zero-order chi connectivity index (χ0) is 14.1. The molecule has 102 valence electrons. The van der Waals surface area contributed by atoms with Crippen molar-refractivity contribution in [3.05, 3.63) is 47.7 Å². The Morgan fingerprint density at radius 3 is 2.80 bits per heavy atom. The summed E-state index contributed by atoms with van der Waals surface area (Å²) in [7, 11) is 4.00. The van der Waals surface area contributed by atoms with Gasteiger partial charge in [-0.3, -0.25) is 9.78 Å². The smallest absolute Gasteiger partial charge is 0.196 e. The van der Waals surface area contributed by atoms with E-state index in [0.29, 0.717) is 17.7 Å². The fourth-order valence-corrected chi connectivity index (χ4v) is 2.30. The van der Waals surface area contributed by atoms with E-state index in [2.05, 4.69) is 9.88 Å². The highest BCUT2D eigenvalue weighted by Gasteiger charge is 2.27. The molecule has 20 heavy (non-hydrogen) atoms. The maximum Gasteiger partial charge on any atom is 0.196 e. The number of aromatic nitrogens is 1. The fourth-order valence-electron chi connectivity index (χ4n) is 2.30. The van der Waals surface area contributed by atoms with Gasteiger partial charge in [0.25, 0.3) is 0 Å². The van der Waals surface area contributed by atoms with Crippen molar-refractivity contribution in [2.24, 2.45) is 0 Å². The van der Waals surface area contributed by atoms with Crippen LogP contribution in [0.5, 0.6) is 5.75 Å². The summed E-state index contributed by atoms with van der Waals surface area (Å²) in [4.78, 5) is 18.7. The van der Waals surface area contributed by atoms with Crippen LogP contribution in [0.4, 0.5) is 0 Å². The standard InChI is InChI=1S/C16H16N2O2/c1-18(2)8-9-20-11-5-6-12-14(10-11)16(19)13-4-3-7-17-15(12)13/h3-7,10H,8-9H2,1-2H3. The van der Waals surface area contributed by atoms with Gasteiger partial charge in [-0.25, -0.2) is 0 Å². The van der Waals surface area contributed by atoms with Crippen LogP contribution < -0.4 is 4.74 Å². The first-order chi connectivity index (χ1) is 9.66. The Bertz CT molecular complexity index is 665. The normalized spacial score (nSPS) is 12.4. The van der Waals surface area contributed by atoms with E-state index in [1.165, 1.54) is 0 Å². The second-order valence-electron chi connectivity index (χ2n) is 5.09. The van der Waals surface area contributed by atoms with Gasteiger partial charge in [0.1, 0.15) is 12.4 Å². The van der Waals surface area contributed by atoms with Gasteiger partial charge >= 0.3 is 0 Å². The Morgan fingerprint density at radius 2 is 2.00 bits per heavy atom. The summed E-state index contributed by atoms with van der Waals surface area (Å²) >= 11 is 0. The van der Waals surface area contributed by atoms with Gasteiger partial charge in [0.05, 0.1) is 5.69 Å². The summed E-state index contributed by atoms with van der Waals surface area (Å²) in [6.07, 6.45) is 1.71. The fraction of sp³-hybridized carbons (Fsp3) is 0.250. The molecular formula is C16H16N2O2. The molecule has 1 aromatic carbocycles. The molecule has 4 heteroatoms. The van der Waals surface area contributed by atoms with E-state index in [9.17, 15) is 4.79 Å². The van der Waals surface area contributed by atoms with Crippen LogP contribution in [0.15, 0.2) is 36.5 Å². The lowest BCUT2D eigenvalue weighted by Gasteiger charge is -2.11. The van der Waals surface area contributed by atoms with Gasteiger partial charge in [0, 0.05) is 29.4 Å². The van der Waals surface area contributed by atoms with Crippen LogP contribution in [0.1, 0.15) is 15.9 Å². The molecule has 1 aromatic heterocycles. The van der Waals surface area contributed by atoms with Crippen molar-refractivity contribution >= 4 is 5.78 Å².